The lowest BCUT2D eigenvalue weighted by Gasteiger charge is -2.31. The highest BCUT2D eigenvalue weighted by Crippen LogP contribution is 2.21. The van der Waals surface area contributed by atoms with Crippen molar-refractivity contribution in [3.8, 4) is 0 Å². The van der Waals surface area contributed by atoms with Crippen LogP contribution in [0.4, 0.5) is 0 Å². The van der Waals surface area contributed by atoms with Crippen molar-refractivity contribution in [1.82, 2.24) is 5.32 Å². The summed E-state index contributed by atoms with van der Waals surface area (Å²) in [6.45, 7) is 0.830. The van der Waals surface area contributed by atoms with Crippen molar-refractivity contribution in [1.29, 1.82) is 0 Å². The van der Waals surface area contributed by atoms with Gasteiger partial charge in [0.1, 0.15) is 0 Å². The predicted octanol–water partition coefficient (Wildman–Crippen LogP) is 2.11. The fourth-order valence-electron chi connectivity index (χ4n) is 1.86. The van der Waals surface area contributed by atoms with Crippen LogP contribution >= 0.6 is 22.5 Å². The van der Waals surface area contributed by atoms with Crippen molar-refractivity contribution in [2.45, 2.75) is 37.8 Å². The Labute approximate surface area is 90.0 Å². The minimum Gasteiger partial charge on any atom is -0.376 e. The molecule has 1 saturated carbocycles. The zero-order valence-corrected chi connectivity index (χ0v) is 9.87. The highest BCUT2D eigenvalue weighted by molar-refractivity contribution is 8.68. The molecule has 4 heteroatoms. The normalized spacial score (nSPS) is 29.1. The summed E-state index contributed by atoms with van der Waals surface area (Å²) in [5.74, 6) is 0.982. The Morgan fingerprint density at radius 1 is 1.46 bits per heavy atom. The van der Waals surface area contributed by atoms with E-state index in [1.54, 1.807) is 10.8 Å². The van der Waals surface area contributed by atoms with Crippen molar-refractivity contribution < 1.29 is 4.74 Å². The third kappa shape index (κ3) is 4.11. The third-order valence-electron chi connectivity index (χ3n) is 2.58. The number of likely N-dealkylation sites (N-methyl/N-ethyl adjacent to an activating group) is 1. The van der Waals surface area contributed by atoms with E-state index >= 15 is 0 Å². The van der Waals surface area contributed by atoms with Gasteiger partial charge in [0, 0.05) is 11.8 Å². The quantitative estimate of drug-likeness (QED) is 0.422. The Bertz CT molecular complexity index is 135. The summed E-state index contributed by atoms with van der Waals surface area (Å²) < 4.78 is 5.79. The number of rotatable bonds is 5. The summed E-state index contributed by atoms with van der Waals surface area (Å²) in [7, 11) is 3.58. The molecule has 0 aromatic carbocycles. The van der Waals surface area contributed by atoms with Gasteiger partial charge < -0.3 is 10.1 Å². The lowest BCUT2D eigenvalue weighted by atomic mass is 9.92. The van der Waals surface area contributed by atoms with Crippen molar-refractivity contribution in [2.24, 2.45) is 0 Å². The van der Waals surface area contributed by atoms with Gasteiger partial charge in [-0.2, -0.15) is 0 Å². The van der Waals surface area contributed by atoms with E-state index in [0.29, 0.717) is 12.1 Å². The molecule has 0 saturated heterocycles. The Hall–Kier alpha value is 0.620. The van der Waals surface area contributed by atoms with E-state index in [1.807, 2.05) is 7.05 Å². The van der Waals surface area contributed by atoms with Gasteiger partial charge in [-0.05, 0) is 19.9 Å². The summed E-state index contributed by atoms with van der Waals surface area (Å²) in [6.07, 6.45) is 5.56. The molecule has 0 aromatic rings. The molecule has 1 N–H and O–H groups in total. The predicted molar refractivity (Wildman–Crippen MR) is 62.5 cm³/mol. The van der Waals surface area contributed by atoms with Gasteiger partial charge in [0.25, 0.3) is 0 Å². The lowest BCUT2D eigenvalue weighted by molar-refractivity contribution is 0.0160. The first-order chi connectivity index (χ1) is 6.38. The van der Waals surface area contributed by atoms with E-state index in [9.17, 15) is 0 Å². The van der Waals surface area contributed by atoms with E-state index < -0.39 is 0 Å². The molecule has 0 amide bonds. The second-order valence-electron chi connectivity index (χ2n) is 3.42. The first kappa shape index (κ1) is 11.7. The van der Waals surface area contributed by atoms with E-state index in [2.05, 4.69) is 17.0 Å². The van der Waals surface area contributed by atoms with Crippen molar-refractivity contribution in [3.63, 3.8) is 0 Å². The molecule has 0 heterocycles. The van der Waals surface area contributed by atoms with Crippen molar-refractivity contribution in [2.75, 3.05) is 19.4 Å². The first-order valence-corrected chi connectivity index (χ1v) is 6.97. The summed E-state index contributed by atoms with van der Waals surface area (Å²) >= 11 is 4.08. The molecule has 2 nitrogen and oxygen atoms in total. The van der Waals surface area contributed by atoms with Gasteiger partial charge in [-0.1, -0.05) is 23.6 Å². The smallest absolute Gasteiger partial charge is 0.0728 e. The third-order valence-corrected chi connectivity index (χ3v) is 3.48. The summed E-state index contributed by atoms with van der Waals surface area (Å²) in [5, 5.41) is 3.33. The Morgan fingerprint density at radius 3 is 2.92 bits per heavy atom. The van der Waals surface area contributed by atoms with Crippen LogP contribution in [-0.2, 0) is 4.74 Å². The average molecular weight is 221 g/mol. The molecule has 0 unspecified atom stereocenters. The van der Waals surface area contributed by atoms with Gasteiger partial charge in [-0.25, -0.2) is 0 Å². The number of ether oxygens (including phenoxy) is 1. The topological polar surface area (TPSA) is 21.3 Å². The van der Waals surface area contributed by atoms with Crippen LogP contribution in [-0.4, -0.2) is 31.6 Å². The number of nitrogens with one attached hydrogen (secondary N) is 1. The summed E-state index contributed by atoms with van der Waals surface area (Å²) in [5.41, 5.74) is 0. The van der Waals surface area contributed by atoms with E-state index in [1.165, 1.54) is 25.7 Å². The highest BCUT2D eigenvalue weighted by Gasteiger charge is 2.23. The zero-order valence-electron chi connectivity index (χ0n) is 8.16. The number of hydrogen-bond donors (Lipinski definition) is 2. The van der Waals surface area contributed by atoms with Gasteiger partial charge in [0.15, 0.2) is 0 Å². The molecule has 13 heavy (non-hydrogen) atoms. The molecule has 1 rings (SSSR count). The minimum atomic E-state index is 0.430. The number of thiol groups is 1. The van der Waals surface area contributed by atoms with Gasteiger partial charge in [0.2, 0.25) is 0 Å². The molecule has 1 fully saturated rings. The second-order valence-corrected chi connectivity index (χ2v) is 4.86. The van der Waals surface area contributed by atoms with Crippen LogP contribution in [0, 0.1) is 0 Å². The van der Waals surface area contributed by atoms with Gasteiger partial charge in [0.05, 0.1) is 12.7 Å². The Kier molecular flexibility index (Phi) is 6.28. The average Bonchev–Trinajstić information content (AvgIpc) is 2.19. The monoisotopic (exact) mass is 221 g/mol. The number of hydrogen-bond acceptors (Lipinski definition) is 4. The fraction of sp³-hybridized carbons (Fsp3) is 1.00. The molecule has 0 bridgehead atoms. The maximum absolute atomic E-state index is 5.79. The van der Waals surface area contributed by atoms with Crippen LogP contribution < -0.4 is 5.32 Å². The molecule has 0 spiro atoms. The molecule has 1 aliphatic carbocycles. The molecular weight excluding hydrogens is 202 g/mol. The molecule has 0 radical (unpaired) electrons. The van der Waals surface area contributed by atoms with Crippen LogP contribution in [0.5, 0.6) is 0 Å². The Morgan fingerprint density at radius 2 is 2.23 bits per heavy atom. The van der Waals surface area contributed by atoms with Crippen LogP contribution in [0.2, 0.25) is 0 Å². The van der Waals surface area contributed by atoms with Crippen LogP contribution in [0.25, 0.3) is 0 Å². The second kappa shape index (κ2) is 6.98. The fourth-order valence-corrected chi connectivity index (χ4v) is 2.26. The lowest BCUT2D eigenvalue weighted by Crippen LogP contribution is -2.42. The van der Waals surface area contributed by atoms with Crippen LogP contribution in [0.15, 0.2) is 0 Å². The molecule has 1 aliphatic rings. The van der Waals surface area contributed by atoms with Crippen LogP contribution in [0.1, 0.15) is 25.7 Å². The Balaban J connectivity index is 2.19. The SMILES string of the molecule is CN[C@@H]1CCCC[C@H]1OCCSS. The van der Waals surface area contributed by atoms with Crippen LogP contribution in [0.3, 0.4) is 0 Å². The zero-order chi connectivity index (χ0) is 9.52. The molecule has 2 atom stereocenters. The van der Waals surface area contributed by atoms with Crippen molar-refractivity contribution in [3.05, 3.63) is 0 Å². The highest BCUT2D eigenvalue weighted by atomic mass is 33.1. The summed E-state index contributed by atoms with van der Waals surface area (Å²) in [4.78, 5) is 0. The largest absolute Gasteiger partial charge is 0.376 e. The van der Waals surface area contributed by atoms with E-state index in [4.69, 9.17) is 4.74 Å². The molecular formula is C9H19NOS2. The minimum absolute atomic E-state index is 0.430. The maximum Gasteiger partial charge on any atom is 0.0728 e. The molecule has 0 aromatic heterocycles. The van der Waals surface area contributed by atoms with Crippen molar-refractivity contribution >= 4 is 22.5 Å². The van der Waals surface area contributed by atoms with Gasteiger partial charge in [-0.3, -0.25) is 0 Å². The maximum atomic E-state index is 5.79. The molecule has 0 aliphatic heterocycles. The van der Waals surface area contributed by atoms with Gasteiger partial charge >= 0.3 is 0 Å². The standard InChI is InChI=1S/C9H19NOS2/c1-10-8-4-2-3-5-9(8)11-6-7-13-12/h8-10,12H,2-7H2,1H3/t8-,9-/m1/s1. The molecule has 78 valence electrons. The van der Waals surface area contributed by atoms with E-state index in [0.717, 1.165) is 12.4 Å². The van der Waals surface area contributed by atoms with Gasteiger partial charge in [-0.15, -0.1) is 11.7 Å². The first-order valence-electron chi connectivity index (χ1n) is 4.93. The summed E-state index contributed by atoms with van der Waals surface area (Å²) in [6, 6.07) is 0.568. The van der Waals surface area contributed by atoms with E-state index in [-0.39, 0.29) is 0 Å².